The summed E-state index contributed by atoms with van der Waals surface area (Å²) in [5.41, 5.74) is 2.79. The van der Waals surface area contributed by atoms with Crippen molar-refractivity contribution in [1.82, 2.24) is 9.97 Å². The number of hydrogen-bond donors (Lipinski definition) is 0. The second kappa shape index (κ2) is 4.78. The average molecular weight is 246 g/mol. The Kier molecular flexibility index (Phi) is 3.95. The number of rotatable bonds is 1. The first kappa shape index (κ1) is 10.7. The maximum absolute atomic E-state index is 4.38. The SMILES string of the molecule is CCc1[c-]nc2ccccc2n1.[Y+3]. The van der Waals surface area contributed by atoms with E-state index in [0.29, 0.717) is 0 Å². The van der Waals surface area contributed by atoms with E-state index in [-0.39, 0.29) is 32.7 Å². The molecule has 2 aromatic rings. The van der Waals surface area contributed by atoms with E-state index in [9.17, 15) is 0 Å². The number of aryl methyl sites for hydroxylation is 1. The van der Waals surface area contributed by atoms with Gasteiger partial charge in [0, 0.05) is 5.52 Å². The Hall–Kier alpha value is -0.336. The molecular formula is C10H9N2Y+2. The van der Waals surface area contributed by atoms with Crippen LogP contribution in [0.2, 0.25) is 0 Å². The van der Waals surface area contributed by atoms with Crippen LogP contribution in [0.25, 0.3) is 11.0 Å². The Morgan fingerprint density at radius 2 is 1.92 bits per heavy atom. The molecule has 0 N–H and O–H groups in total. The van der Waals surface area contributed by atoms with Gasteiger partial charge in [0.1, 0.15) is 0 Å². The molecule has 0 radical (unpaired) electrons. The summed E-state index contributed by atoms with van der Waals surface area (Å²) < 4.78 is 0. The van der Waals surface area contributed by atoms with Gasteiger partial charge in [-0.1, -0.05) is 30.6 Å². The summed E-state index contributed by atoms with van der Waals surface area (Å²) in [7, 11) is 0. The third-order valence-corrected chi connectivity index (χ3v) is 1.78. The fourth-order valence-electron chi connectivity index (χ4n) is 1.11. The molecule has 0 aliphatic rings. The minimum atomic E-state index is 0. The summed E-state index contributed by atoms with van der Waals surface area (Å²) in [4.78, 5) is 8.54. The summed E-state index contributed by atoms with van der Waals surface area (Å²) >= 11 is 0. The molecule has 0 aliphatic carbocycles. The number of benzene rings is 1. The molecule has 2 nitrogen and oxygen atoms in total. The number of nitrogens with zero attached hydrogens (tertiary/aromatic N) is 2. The summed E-state index contributed by atoms with van der Waals surface area (Å²) in [6, 6.07) is 7.83. The van der Waals surface area contributed by atoms with E-state index in [1.165, 1.54) is 0 Å². The van der Waals surface area contributed by atoms with Crippen LogP contribution in [0.3, 0.4) is 0 Å². The van der Waals surface area contributed by atoms with Crippen molar-refractivity contribution in [2.24, 2.45) is 0 Å². The summed E-state index contributed by atoms with van der Waals surface area (Å²) in [6.45, 7) is 2.05. The second-order valence-electron chi connectivity index (χ2n) is 2.62. The van der Waals surface area contributed by atoms with Crippen molar-refractivity contribution in [3.63, 3.8) is 0 Å². The maximum Gasteiger partial charge on any atom is 3.00 e. The van der Waals surface area contributed by atoms with Gasteiger partial charge in [0.2, 0.25) is 0 Å². The second-order valence-corrected chi connectivity index (χ2v) is 2.62. The predicted molar refractivity (Wildman–Crippen MR) is 47.8 cm³/mol. The first-order valence-electron chi connectivity index (χ1n) is 4.03. The van der Waals surface area contributed by atoms with Gasteiger partial charge in [0.15, 0.2) is 0 Å². The van der Waals surface area contributed by atoms with Crippen LogP contribution in [-0.4, -0.2) is 9.97 Å². The Balaban J connectivity index is 0.000000845. The monoisotopic (exact) mass is 246 g/mol. The fraction of sp³-hybridized carbons (Fsp3) is 0.200. The first-order valence-corrected chi connectivity index (χ1v) is 4.03. The van der Waals surface area contributed by atoms with Crippen molar-refractivity contribution in [2.45, 2.75) is 13.3 Å². The van der Waals surface area contributed by atoms with Crippen LogP contribution in [0.4, 0.5) is 0 Å². The quantitative estimate of drug-likeness (QED) is 0.719. The van der Waals surface area contributed by atoms with Crippen molar-refractivity contribution >= 4 is 11.0 Å². The van der Waals surface area contributed by atoms with Crippen LogP contribution < -0.4 is 0 Å². The van der Waals surface area contributed by atoms with Gasteiger partial charge in [-0.3, -0.25) is 4.98 Å². The molecule has 0 amide bonds. The first-order chi connectivity index (χ1) is 5.90. The molecule has 0 atom stereocenters. The summed E-state index contributed by atoms with van der Waals surface area (Å²) in [5, 5.41) is 0. The van der Waals surface area contributed by atoms with Crippen molar-refractivity contribution in [1.29, 1.82) is 0 Å². The van der Waals surface area contributed by atoms with E-state index in [0.717, 1.165) is 23.1 Å². The van der Waals surface area contributed by atoms with Crippen molar-refractivity contribution in [3.8, 4) is 0 Å². The van der Waals surface area contributed by atoms with E-state index in [2.05, 4.69) is 23.1 Å². The summed E-state index contributed by atoms with van der Waals surface area (Å²) in [5.74, 6) is 0. The molecule has 2 rings (SSSR count). The van der Waals surface area contributed by atoms with Crippen LogP contribution in [0.15, 0.2) is 24.3 Å². The zero-order valence-corrected chi connectivity index (χ0v) is 10.3. The minimum Gasteiger partial charge on any atom is -0.448 e. The molecule has 1 aromatic heterocycles. The number of hydrogen-bond acceptors (Lipinski definition) is 2. The molecule has 3 heteroatoms. The molecule has 13 heavy (non-hydrogen) atoms. The van der Waals surface area contributed by atoms with Crippen molar-refractivity contribution in [2.75, 3.05) is 0 Å². The van der Waals surface area contributed by atoms with E-state index in [1.54, 1.807) is 0 Å². The minimum absolute atomic E-state index is 0. The predicted octanol–water partition coefficient (Wildman–Crippen LogP) is 1.99. The van der Waals surface area contributed by atoms with Gasteiger partial charge >= 0.3 is 32.7 Å². The van der Waals surface area contributed by atoms with Gasteiger partial charge < -0.3 is 4.98 Å². The topological polar surface area (TPSA) is 25.8 Å². The van der Waals surface area contributed by atoms with Gasteiger partial charge in [0.25, 0.3) is 0 Å². The Morgan fingerprint density at radius 1 is 1.23 bits per heavy atom. The normalized spacial score (nSPS) is 9.62. The van der Waals surface area contributed by atoms with Crippen molar-refractivity contribution in [3.05, 3.63) is 36.2 Å². The zero-order valence-electron chi connectivity index (χ0n) is 7.49. The van der Waals surface area contributed by atoms with Crippen LogP contribution in [0.1, 0.15) is 12.6 Å². The van der Waals surface area contributed by atoms with Crippen LogP contribution in [0.5, 0.6) is 0 Å². The molecule has 0 saturated heterocycles. The van der Waals surface area contributed by atoms with E-state index in [1.807, 2.05) is 24.3 Å². The largest absolute Gasteiger partial charge is 3.00 e. The molecule has 0 aliphatic heterocycles. The molecule has 0 bridgehead atoms. The van der Waals surface area contributed by atoms with E-state index >= 15 is 0 Å². The van der Waals surface area contributed by atoms with Gasteiger partial charge in [-0.2, -0.15) is 0 Å². The summed E-state index contributed by atoms with van der Waals surface area (Å²) in [6.07, 6.45) is 3.79. The molecule has 0 saturated carbocycles. The van der Waals surface area contributed by atoms with Crippen LogP contribution >= 0.6 is 0 Å². The Bertz CT molecular complexity index is 401. The molecule has 1 heterocycles. The van der Waals surface area contributed by atoms with Crippen molar-refractivity contribution < 1.29 is 32.7 Å². The molecule has 60 valence electrons. The van der Waals surface area contributed by atoms with Crippen LogP contribution in [0, 0.1) is 6.20 Å². The molecular weight excluding hydrogens is 237 g/mol. The number of fused-ring (bicyclic) bond motifs is 1. The smallest absolute Gasteiger partial charge is 0.448 e. The third kappa shape index (κ3) is 2.32. The molecule has 0 spiro atoms. The van der Waals surface area contributed by atoms with Gasteiger partial charge in [-0.15, -0.1) is 12.3 Å². The molecule has 0 unspecified atom stereocenters. The van der Waals surface area contributed by atoms with Crippen LogP contribution in [-0.2, 0) is 39.1 Å². The molecule has 1 aromatic carbocycles. The third-order valence-electron chi connectivity index (χ3n) is 1.78. The van der Waals surface area contributed by atoms with E-state index in [4.69, 9.17) is 0 Å². The van der Waals surface area contributed by atoms with E-state index < -0.39 is 0 Å². The standard InChI is InChI=1S/C10H9N2.Y/c1-2-8-7-11-9-5-3-4-6-10(9)12-8;/h3-6H,2H2,1H3;/q-1;+3. The fourth-order valence-corrected chi connectivity index (χ4v) is 1.11. The van der Waals surface area contributed by atoms with Gasteiger partial charge in [-0.25, -0.2) is 0 Å². The number of para-hydroxylation sites is 2. The Labute approximate surface area is 103 Å². The molecule has 0 fully saturated rings. The average Bonchev–Trinajstić information content (AvgIpc) is 2.17. The zero-order chi connectivity index (χ0) is 8.39. The maximum atomic E-state index is 4.38. The van der Waals surface area contributed by atoms with Gasteiger partial charge in [0.05, 0.1) is 0 Å². The van der Waals surface area contributed by atoms with Gasteiger partial charge in [-0.05, 0) is 12.1 Å². The number of aromatic nitrogens is 2. The Morgan fingerprint density at radius 3 is 2.62 bits per heavy atom.